The zero-order chi connectivity index (χ0) is 14.3. The van der Waals surface area contributed by atoms with Gasteiger partial charge in [0.15, 0.2) is 0 Å². The minimum Gasteiger partial charge on any atom is -0.379 e. The lowest BCUT2D eigenvalue weighted by atomic mass is 10.2. The molecule has 0 aromatic carbocycles. The third-order valence-corrected chi connectivity index (χ3v) is 3.19. The highest BCUT2D eigenvalue weighted by Gasteiger charge is 2.19. The van der Waals surface area contributed by atoms with Crippen molar-refractivity contribution in [2.75, 3.05) is 40.9 Å². The summed E-state index contributed by atoms with van der Waals surface area (Å²) in [6.07, 6.45) is 2.72. The predicted molar refractivity (Wildman–Crippen MR) is 78.7 cm³/mol. The number of likely N-dealkylation sites (N-methyl/N-ethyl adjacent to an activating group) is 2. The van der Waals surface area contributed by atoms with Crippen molar-refractivity contribution in [3.8, 4) is 0 Å². The second-order valence-electron chi connectivity index (χ2n) is 4.82. The molecule has 0 aliphatic carbocycles. The highest BCUT2D eigenvalue weighted by Crippen LogP contribution is 2.23. The average Bonchev–Trinajstić information content (AvgIpc) is 2.74. The molecule has 1 heterocycles. The van der Waals surface area contributed by atoms with Crippen molar-refractivity contribution in [2.45, 2.75) is 25.9 Å². The van der Waals surface area contributed by atoms with Crippen LogP contribution in [0.25, 0.3) is 0 Å². The van der Waals surface area contributed by atoms with Gasteiger partial charge in [-0.25, -0.2) is 0 Å². The van der Waals surface area contributed by atoms with E-state index >= 15 is 0 Å². The van der Waals surface area contributed by atoms with Crippen molar-refractivity contribution in [3.05, 3.63) is 16.9 Å². The molecule has 110 valence electrons. The second-order valence-corrected chi connectivity index (χ2v) is 5.23. The number of halogens is 1. The largest absolute Gasteiger partial charge is 0.379 e. The molecule has 1 unspecified atom stereocenters. The maximum Gasteiger partial charge on any atom is 0.0835 e. The lowest BCUT2D eigenvalue weighted by Crippen LogP contribution is -2.27. The first-order chi connectivity index (χ1) is 9.10. The minimum absolute atomic E-state index is 0.0729. The van der Waals surface area contributed by atoms with Gasteiger partial charge in [-0.15, -0.1) is 0 Å². The van der Waals surface area contributed by atoms with E-state index < -0.39 is 0 Å². The molecule has 0 radical (unpaired) electrons. The molecule has 1 rings (SSSR count). The number of hydrogen-bond acceptors (Lipinski definition) is 4. The second kappa shape index (κ2) is 8.53. The Balaban J connectivity index is 2.74. The van der Waals surface area contributed by atoms with Gasteiger partial charge < -0.3 is 15.0 Å². The van der Waals surface area contributed by atoms with Crippen LogP contribution in [0, 0.1) is 0 Å². The first kappa shape index (κ1) is 16.4. The van der Waals surface area contributed by atoms with Gasteiger partial charge in [0.05, 0.1) is 36.1 Å². The Bertz CT molecular complexity index is 368. The monoisotopic (exact) mass is 288 g/mol. The standard InChI is InChI=1S/C13H25ClN4O/c1-5-8-19-10-12(15-2)13-11(14)9-16-18(13)7-6-17(3)4/h9,12,15H,5-8,10H2,1-4H3. The summed E-state index contributed by atoms with van der Waals surface area (Å²) < 4.78 is 7.58. The number of rotatable bonds is 9. The molecule has 0 saturated carbocycles. The fourth-order valence-corrected chi connectivity index (χ4v) is 2.11. The summed E-state index contributed by atoms with van der Waals surface area (Å²) in [7, 11) is 6.01. The Kier molecular flexibility index (Phi) is 7.38. The molecule has 0 fully saturated rings. The third kappa shape index (κ3) is 5.10. The molecule has 0 saturated heterocycles. The van der Waals surface area contributed by atoms with Gasteiger partial charge in [-0.2, -0.15) is 5.10 Å². The van der Waals surface area contributed by atoms with Gasteiger partial charge in [-0.3, -0.25) is 4.68 Å². The number of ether oxygens (including phenoxy) is 1. The molecule has 1 aromatic rings. The first-order valence-corrected chi connectivity index (χ1v) is 7.08. The van der Waals surface area contributed by atoms with Crippen molar-refractivity contribution < 1.29 is 4.74 Å². The Morgan fingerprint density at radius 3 is 2.84 bits per heavy atom. The SMILES string of the molecule is CCCOCC(NC)c1c(Cl)cnn1CCN(C)C. The average molecular weight is 289 g/mol. The Morgan fingerprint density at radius 1 is 1.53 bits per heavy atom. The third-order valence-electron chi connectivity index (χ3n) is 2.90. The van der Waals surface area contributed by atoms with Crippen molar-refractivity contribution >= 4 is 11.6 Å². The maximum absolute atomic E-state index is 6.25. The fraction of sp³-hybridized carbons (Fsp3) is 0.769. The molecule has 1 atom stereocenters. The molecule has 1 N–H and O–H groups in total. The Labute approximate surface area is 120 Å². The number of nitrogens with zero attached hydrogens (tertiary/aromatic N) is 3. The van der Waals surface area contributed by atoms with Crippen LogP contribution in [0.1, 0.15) is 25.1 Å². The summed E-state index contributed by atoms with van der Waals surface area (Å²) in [5, 5.41) is 8.29. The summed E-state index contributed by atoms with van der Waals surface area (Å²) in [4.78, 5) is 2.13. The first-order valence-electron chi connectivity index (χ1n) is 6.71. The summed E-state index contributed by atoms with van der Waals surface area (Å²) in [5.74, 6) is 0. The molecular weight excluding hydrogens is 264 g/mol. The molecule has 19 heavy (non-hydrogen) atoms. The van der Waals surface area contributed by atoms with Crippen LogP contribution in [0.5, 0.6) is 0 Å². The lowest BCUT2D eigenvalue weighted by Gasteiger charge is -2.19. The van der Waals surface area contributed by atoms with Crippen LogP contribution in [0.15, 0.2) is 6.20 Å². The quantitative estimate of drug-likeness (QED) is 0.704. The van der Waals surface area contributed by atoms with Gasteiger partial charge in [0.1, 0.15) is 0 Å². The zero-order valence-electron chi connectivity index (χ0n) is 12.3. The normalized spacial score (nSPS) is 13.2. The van der Waals surface area contributed by atoms with E-state index in [1.807, 2.05) is 25.8 Å². The molecule has 0 aliphatic heterocycles. The number of nitrogens with one attached hydrogen (secondary N) is 1. The molecule has 6 heteroatoms. The van der Waals surface area contributed by atoms with Gasteiger partial charge >= 0.3 is 0 Å². The van der Waals surface area contributed by atoms with Crippen LogP contribution in [0.4, 0.5) is 0 Å². The van der Waals surface area contributed by atoms with E-state index in [0.717, 1.165) is 31.8 Å². The number of aromatic nitrogens is 2. The lowest BCUT2D eigenvalue weighted by molar-refractivity contribution is 0.111. The van der Waals surface area contributed by atoms with E-state index in [-0.39, 0.29) is 6.04 Å². The smallest absolute Gasteiger partial charge is 0.0835 e. The summed E-state index contributed by atoms with van der Waals surface area (Å²) >= 11 is 6.25. The Hall–Kier alpha value is -0.620. The van der Waals surface area contributed by atoms with Gasteiger partial charge in [0, 0.05) is 13.2 Å². The van der Waals surface area contributed by atoms with Crippen LogP contribution in [0.3, 0.4) is 0 Å². The predicted octanol–water partition coefficient (Wildman–Crippen LogP) is 1.79. The van der Waals surface area contributed by atoms with Crippen LogP contribution in [-0.4, -0.2) is 55.6 Å². The van der Waals surface area contributed by atoms with Gasteiger partial charge in [0.25, 0.3) is 0 Å². The summed E-state index contributed by atoms with van der Waals surface area (Å²) in [5.41, 5.74) is 1.00. The molecular formula is C13H25ClN4O. The van der Waals surface area contributed by atoms with E-state index in [4.69, 9.17) is 16.3 Å². The van der Waals surface area contributed by atoms with Crippen molar-refractivity contribution in [2.24, 2.45) is 0 Å². The van der Waals surface area contributed by atoms with Gasteiger partial charge in [-0.05, 0) is 27.6 Å². The fourth-order valence-electron chi connectivity index (χ4n) is 1.84. The van der Waals surface area contributed by atoms with Crippen molar-refractivity contribution in [1.29, 1.82) is 0 Å². The Morgan fingerprint density at radius 2 is 2.26 bits per heavy atom. The van der Waals surface area contributed by atoms with E-state index in [9.17, 15) is 0 Å². The highest BCUT2D eigenvalue weighted by atomic mass is 35.5. The van der Waals surface area contributed by atoms with Crippen LogP contribution in [-0.2, 0) is 11.3 Å². The van der Waals surface area contributed by atoms with Crippen LogP contribution < -0.4 is 5.32 Å². The van der Waals surface area contributed by atoms with Gasteiger partial charge in [0.2, 0.25) is 0 Å². The van der Waals surface area contributed by atoms with E-state index in [1.165, 1.54) is 0 Å². The summed E-state index contributed by atoms with van der Waals surface area (Å²) in [6.45, 7) is 5.22. The van der Waals surface area contributed by atoms with Crippen molar-refractivity contribution in [3.63, 3.8) is 0 Å². The van der Waals surface area contributed by atoms with E-state index in [2.05, 4.69) is 22.2 Å². The molecule has 0 spiro atoms. The number of hydrogen-bond donors (Lipinski definition) is 1. The van der Waals surface area contributed by atoms with Crippen LogP contribution >= 0.6 is 11.6 Å². The topological polar surface area (TPSA) is 42.3 Å². The molecule has 0 amide bonds. The van der Waals surface area contributed by atoms with E-state index in [0.29, 0.717) is 11.6 Å². The van der Waals surface area contributed by atoms with Crippen LogP contribution in [0.2, 0.25) is 5.02 Å². The summed E-state index contributed by atoms with van der Waals surface area (Å²) in [6, 6.07) is 0.0729. The maximum atomic E-state index is 6.25. The van der Waals surface area contributed by atoms with E-state index in [1.54, 1.807) is 6.20 Å². The molecule has 0 bridgehead atoms. The molecule has 5 nitrogen and oxygen atoms in total. The minimum atomic E-state index is 0.0729. The van der Waals surface area contributed by atoms with Gasteiger partial charge in [-0.1, -0.05) is 18.5 Å². The molecule has 1 aromatic heterocycles. The molecule has 0 aliphatic rings. The highest BCUT2D eigenvalue weighted by molar-refractivity contribution is 6.31. The zero-order valence-corrected chi connectivity index (χ0v) is 13.1. The van der Waals surface area contributed by atoms with Crippen molar-refractivity contribution in [1.82, 2.24) is 20.0 Å².